The Balaban J connectivity index is 1.39. The number of carbonyl (C=O) groups is 2. The molecule has 10 heteroatoms. The van der Waals surface area contributed by atoms with Crippen LogP contribution in [0.3, 0.4) is 0 Å². The molecule has 5 rings (SSSR count). The van der Waals surface area contributed by atoms with Crippen molar-refractivity contribution in [3.63, 3.8) is 0 Å². The van der Waals surface area contributed by atoms with Crippen molar-refractivity contribution >= 4 is 46.2 Å². The first-order chi connectivity index (χ1) is 17.0. The molecular weight excluding hydrogens is 472 g/mol. The van der Waals surface area contributed by atoms with Gasteiger partial charge in [0, 0.05) is 29.6 Å². The standard InChI is InChI=1S/C25H19ClN4O5/c1-33-25(32)29-16-6-4-14(5-7-16)15-11-21-22(27-13-15)30-24(35-21)18-12-17(8-9-19(18)26)28-23(31)20-3-2-10-34-20/h2,4-13,20H,3H2,1H3,(H,28,31)(H,29,32). The molecule has 0 saturated carbocycles. The number of aromatic nitrogens is 2. The van der Waals surface area contributed by atoms with Crippen LogP contribution in [-0.4, -0.2) is 35.2 Å². The molecule has 2 aromatic carbocycles. The number of methoxy groups -OCH3 is 1. The highest BCUT2D eigenvalue weighted by Gasteiger charge is 2.22. The number of fused-ring (bicyclic) bond motifs is 1. The quantitative estimate of drug-likeness (QED) is 0.372. The van der Waals surface area contributed by atoms with Crippen molar-refractivity contribution in [2.24, 2.45) is 0 Å². The molecule has 0 aliphatic carbocycles. The van der Waals surface area contributed by atoms with Gasteiger partial charge >= 0.3 is 6.09 Å². The van der Waals surface area contributed by atoms with Crippen LogP contribution in [0.2, 0.25) is 5.02 Å². The number of carbonyl (C=O) groups excluding carboxylic acids is 2. The molecule has 2 N–H and O–H groups in total. The van der Waals surface area contributed by atoms with E-state index in [1.807, 2.05) is 18.2 Å². The van der Waals surface area contributed by atoms with Crippen molar-refractivity contribution in [2.45, 2.75) is 12.5 Å². The molecule has 0 spiro atoms. The summed E-state index contributed by atoms with van der Waals surface area (Å²) in [5, 5.41) is 5.85. The van der Waals surface area contributed by atoms with Crippen molar-refractivity contribution < 1.29 is 23.5 Å². The number of pyridine rings is 1. The topological polar surface area (TPSA) is 116 Å². The molecule has 0 fully saturated rings. The lowest BCUT2D eigenvalue weighted by molar-refractivity contribution is -0.123. The highest BCUT2D eigenvalue weighted by molar-refractivity contribution is 6.33. The maximum absolute atomic E-state index is 12.4. The number of benzene rings is 2. The summed E-state index contributed by atoms with van der Waals surface area (Å²) >= 11 is 6.40. The van der Waals surface area contributed by atoms with Gasteiger partial charge in [-0.15, -0.1) is 0 Å². The van der Waals surface area contributed by atoms with Gasteiger partial charge in [0.25, 0.3) is 5.91 Å². The summed E-state index contributed by atoms with van der Waals surface area (Å²) in [5.41, 5.74) is 4.25. The minimum Gasteiger partial charge on any atom is -0.488 e. The lowest BCUT2D eigenvalue weighted by Gasteiger charge is -2.11. The van der Waals surface area contributed by atoms with Crippen molar-refractivity contribution in [1.29, 1.82) is 0 Å². The van der Waals surface area contributed by atoms with E-state index in [0.29, 0.717) is 39.6 Å². The van der Waals surface area contributed by atoms with Crippen LogP contribution in [0, 0.1) is 0 Å². The van der Waals surface area contributed by atoms with E-state index in [9.17, 15) is 9.59 Å². The SMILES string of the molecule is COC(=O)Nc1ccc(-c2cnc3nc(-c4cc(NC(=O)C5CC=CO5)ccc4Cl)oc3c2)cc1. The molecule has 9 nitrogen and oxygen atoms in total. The third-order valence-corrected chi connectivity index (χ3v) is 5.67. The third kappa shape index (κ3) is 4.80. The van der Waals surface area contributed by atoms with Crippen molar-refractivity contribution in [3.05, 3.63) is 72.1 Å². The maximum Gasteiger partial charge on any atom is 0.411 e. The Kier molecular flexibility index (Phi) is 6.07. The normalized spacial score (nSPS) is 14.5. The van der Waals surface area contributed by atoms with Crippen LogP contribution in [0.4, 0.5) is 16.2 Å². The van der Waals surface area contributed by atoms with Crippen LogP contribution in [-0.2, 0) is 14.3 Å². The number of oxazole rings is 1. The number of nitrogens with zero attached hydrogens (tertiary/aromatic N) is 2. The Morgan fingerprint density at radius 2 is 1.86 bits per heavy atom. The first kappa shape index (κ1) is 22.4. The second-order valence-corrected chi connectivity index (χ2v) is 8.08. The fourth-order valence-electron chi connectivity index (χ4n) is 3.55. The van der Waals surface area contributed by atoms with Crippen LogP contribution < -0.4 is 10.6 Å². The summed E-state index contributed by atoms with van der Waals surface area (Å²) in [5.74, 6) is 0.0297. The van der Waals surface area contributed by atoms with Gasteiger partial charge in [-0.05, 0) is 48.0 Å². The molecule has 35 heavy (non-hydrogen) atoms. The van der Waals surface area contributed by atoms with Gasteiger partial charge in [-0.1, -0.05) is 23.7 Å². The lowest BCUT2D eigenvalue weighted by atomic mass is 10.1. The van der Waals surface area contributed by atoms with Crippen LogP contribution in [0.1, 0.15) is 6.42 Å². The van der Waals surface area contributed by atoms with E-state index < -0.39 is 12.2 Å². The van der Waals surface area contributed by atoms with E-state index in [-0.39, 0.29) is 11.8 Å². The molecule has 1 unspecified atom stereocenters. The van der Waals surface area contributed by atoms with Gasteiger partial charge in [0.05, 0.1) is 24.0 Å². The Morgan fingerprint density at radius 1 is 1.06 bits per heavy atom. The zero-order chi connectivity index (χ0) is 24.4. The fourth-order valence-corrected chi connectivity index (χ4v) is 3.75. The largest absolute Gasteiger partial charge is 0.488 e. The monoisotopic (exact) mass is 490 g/mol. The Bertz CT molecular complexity index is 1440. The number of hydrogen-bond acceptors (Lipinski definition) is 7. The Labute approximate surface area is 204 Å². The number of nitrogens with one attached hydrogen (secondary N) is 2. The molecule has 0 bridgehead atoms. The predicted molar refractivity (Wildman–Crippen MR) is 131 cm³/mol. The fraction of sp³-hybridized carbons (Fsp3) is 0.120. The molecule has 1 aliphatic rings. The predicted octanol–water partition coefficient (Wildman–Crippen LogP) is 5.63. The van der Waals surface area contributed by atoms with E-state index in [1.54, 1.807) is 42.6 Å². The molecule has 0 radical (unpaired) electrons. The summed E-state index contributed by atoms with van der Waals surface area (Å²) in [6.07, 6.45) is 4.43. The maximum atomic E-state index is 12.4. The molecule has 4 aromatic rings. The zero-order valence-corrected chi connectivity index (χ0v) is 19.2. The van der Waals surface area contributed by atoms with Gasteiger partial charge in [0.15, 0.2) is 17.3 Å². The molecule has 176 valence electrons. The molecule has 1 atom stereocenters. The molecule has 0 saturated heterocycles. The highest BCUT2D eigenvalue weighted by atomic mass is 35.5. The van der Waals surface area contributed by atoms with Gasteiger partial charge in [0.2, 0.25) is 5.89 Å². The number of rotatable bonds is 5. The molecule has 3 heterocycles. The Hall–Kier alpha value is -4.37. The summed E-state index contributed by atoms with van der Waals surface area (Å²) in [4.78, 5) is 32.6. The number of hydrogen-bond donors (Lipinski definition) is 2. The van der Waals surface area contributed by atoms with Crippen LogP contribution in [0.25, 0.3) is 33.8 Å². The number of amides is 2. The minimum atomic E-state index is -0.550. The number of halogens is 1. The average molecular weight is 491 g/mol. The summed E-state index contributed by atoms with van der Waals surface area (Å²) in [6.45, 7) is 0. The summed E-state index contributed by atoms with van der Waals surface area (Å²) in [6, 6.07) is 14.1. The zero-order valence-electron chi connectivity index (χ0n) is 18.4. The van der Waals surface area contributed by atoms with Gasteiger partial charge in [-0.25, -0.2) is 9.78 Å². The number of ether oxygens (including phenoxy) is 2. The van der Waals surface area contributed by atoms with Crippen LogP contribution in [0.5, 0.6) is 0 Å². The lowest BCUT2D eigenvalue weighted by Crippen LogP contribution is -2.26. The van der Waals surface area contributed by atoms with Crippen LogP contribution >= 0.6 is 11.6 Å². The van der Waals surface area contributed by atoms with E-state index >= 15 is 0 Å². The van der Waals surface area contributed by atoms with E-state index in [4.69, 9.17) is 20.8 Å². The van der Waals surface area contributed by atoms with Gasteiger partial charge < -0.3 is 19.2 Å². The number of anilines is 2. The van der Waals surface area contributed by atoms with Crippen molar-refractivity contribution in [1.82, 2.24) is 9.97 Å². The first-order valence-corrected chi connectivity index (χ1v) is 11.0. The van der Waals surface area contributed by atoms with Crippen LogP contribution in [0.15, 0.2) is 71.5 Å². The van der Waals surface area contributed by atoms with E-state index in [2.05, 4.69) is 25.3 Å². The van der Waals surface area contributed by atoms with Gasteiger partial charge in [0.1, 0.15) is 0 Å². The average Bonchev–Trinajstić information content (AvgIpc) is 3.55. The highest BCUT2D eigenvalue weighted by Crippen LogP contribution is 2.33. The van der Waals surface area contributed by atoms with Gasteiger partial charge in [-0.3, -0.25) is 10.1 Å². The molecule has 1 aliphatic heterocycles. The van der Waals surface area contributed by atoms with E-state index in [1.165, 1.54) is 13.4 Å². The van der Waals surface area contributed by atoms with Crippen molar-refractivity contribution in [2.75, 3.05) is 17.7 Å². The van der Waals surface area contributed by atoms with E-state index in [0.717, 1.165) is 11.1 Å². The molecule has 2 aromatic heterocycles. The summed E-state index contributed by atoms with van der Waals surface area (Å²) in [7, 11) is 1.30. The molecule has 2 amide bonds. The second-order valence-electron chi connectivity index (χ2n) is 7.67. The third-order valence-electron chi connectivity index (χ3n) is 5.34. The van der Waals surface area contributed by atoms with Gasteiger partial charge in [-0.2, -0.15) is 4.98 Å². The smallest absolute Gasteiger partial charge is 0.411 e. The minimum absolute atomic E-state index is 0.250. The molecular formula is C25H19ClN4O5. The van der Waals surface area contributed by atoms with Crippen molar-refractivity contribution in [3.8, 4) is 22.6 Å². The first-order valence-electron chi connectivity index (χ1n) is 10.6. The summed E-state index contributed by atoms with van der Waals surface area (Å²) < 4.78 is 15.8. The second kappa shape index (κ2) is 9.47. The Morgan fingerprint density at radius 3 is 2.60 bits per heavy atom.